The van der Waals surface area contributed by atoms with Gasteiger partial charge < -0.3 is 15.8 Å². The van der Waals surface area contributed by atoms with E-state index in [0.717, 1.165) is 17.7 Å². The summed E-state index contributed by atoms with van der Waals surface area (Å²) in [5, 5.41) is 2.83. The average Bonchev–Trinajstić information content (AvgIpc) is 2.70. The fourth-order valence-corrected chi connectivity index (χ4v) is 3.35. The molecule has 0 fully saturated rings. The Labute approximate surface area is 173 Å². The van der Waals surface area contributed by atoms with Gasteiger partial charge in [0.2, 0.25) is 5.91 Å². The average molecular weight is 410 g/mol. The van der Waals surface area contributed by atoms with Crippen molar-refractivity contribution in [1.82, 2.24) is 10.2 Å². The number of carbonyl (C=O) groups is 2. The molecule has 28 heavy (non-hydrogen) atoms. The topological polar surface area (TPSA) is 84.7 Å². The minimum atomic E-state index is -0.619. The van der Waals surface area contributed by atoms with Crippen molar-refractivity contribution >= 4 is 23.6 Å². The number of hydrogen-bond donors (Lipinski definition) is 2. The maximum Gasteiger partial charge on any atom is 0.328 e. The van der Waals surface area contributed by atoms with Crippen molar-refractivity contribution in [2.75, 3.05) is 32.2 Å². The predicted molar refractivity (Wildman–Crippen MR) is 116 cm³/mol. The highest BCUT2D eigenvalue weighted by Crippen LogP contribution is 2.11. The molecule has 0 spiro atoms. The number of esters is 1. The molecule has 3 atom stereocenters. The van der Waals surface area contributed by atoms with Gasteiger partial charge in [-0.25, -0.2) is 4.79 Å². The van der Waals surface area contributed by atoms with Gasteiger partial charge in [0.05, 0.1) is 13.7 Å². The zero-order chi connectivity index (χ0) is 20.9. The molecule has 1 amide bonds. The third-order valence-electron chi connectivity index (χ3n) is 4.89. The molecule has 0 aliphatic rings. The fourth-order valence-electron chi connectivity index (χ4n) is 2.88. The molecule has 0 aliphatic heterocycles. The standard InChI is InChI=1S/C21H35N3O3S/c1-5-16(2)18(22)14-24(13-17-9-7-6-8-10-17)15-20(25)23-19(11-12-28-4)21(26)27-3/h6-10,16,18-19H,5,11-15,22H2,1-4H3,(H,23,25)/t16-,18+,19-/m0/s1. The van der Waals surface area contributed by atoms with Crippen LogP contribution < -0.4 is 11.1 Å². The van der Waals surface area contributed by atoms with E-state index in [4.69, 9.17) is 10.5 Å². The number of carbonyl (C=O) groups excluding carboxylic acids is 2. The van der Waals surface area contributed by atoms with E-state index in [-0.39, 0.29) is 18.5 Å². The van der Waals surface area contributed by atoms with Crippen LogP contribution in [0.3, 0.4) is 0 Å². The van der Waals surface area contributed by atoms with Crippen molar-refractivity contribution in [2.24, 2.45) is 11.7 Å². The van der Waals surface area contributed by atoms with E-state index in [1.807, 2.05) is 41.5 Å². The first-order valence-corrected chi connectivity index (χ1v) is 11.2. The van der Waals surface area contributed by atoms with Crippen LogP contribution in [0.5, 0.6) is 0 Å². The molecule has 1 rings (SSSR count). The van der Waals surface area contributed by atoms with E-state index in [9.17, 15) is 9.59 Å². The van der Waals surface area contributed by atoms with Crippen LogP contribution in [0.2, 0.25) is 0 Å². The van der Waals surface area contributed by atoms with Crippen LogP contribution in [0.1, 0.15) is 32.3 Å². The number of ether oxygens (including phenoxy) is 1. The lowest BCUT2D eigenvalue weighted by atomic mass is 9.99. The van der Waals surface area contributed by atoms with E-state index in [2.05, 4.69) is 19.2 Å². The van der Waals surface area contributed by atoms with Crippen molar-refractivity contribution in [2.45, 2.75) is 45.3 Å². The monoisotopic (exact) mass is 409 g/mol. The Morgan fingerprint density at radius 2 is 1.96 bits per heavy atom. The van der Waals surface area contributed by atoms with Crippen molar-refractivity contribution in [3.05, 3.63) is 35.9 Å². The van der Waals surface area contributed by atoms with E-state index in [1.54, 1.807) is 11.8 Å². The number of benzene rings is 1. The van der Waals surface area contributed by atoms with Gasteiger partial charge in [-0.05, 0) is 29.9 Å². The van der Waals surface area contributed by atoms with Gasteiger partial charge in [-0.15, -0.1) is 0 Å². The molecule has 0 aromatic heterocycles. The summed E-state index contributed by atoms with van der Waals surface area (Å²) in [6.45, 7) is 5.68. The Morgan fingerprint density at radius 1 is 1.29 bits per heavy atom. The maximum atomic E-state index is 12.7. The van der Waals surface area contributed by atoms with E-state index in [0.29, 0.717) is 25.4 Å². The van der Waals surface area contributed by atoms with Crippen molar-refractivity contribution < 1.29 is 14.3 Å². The van der Waals surface area contributed by atoms with Crippen molar-refractivity contribution in [1.29, 1.82) is 0 Å². The van der Waals surface area contributed by atoms with Gasteiger partial charge in [0.1, 0.15) is 6.04 Å². The Bertz CT molecular complexity index is 586. The number of thioether (sulfide) groups is 1. The van der Waals surface area contributed by atoms with Crippen LogP contribution in [0, 0.1) is 5.92 Å². The van der Waals surface area contributed by atoms with Crippen LogP contribution in [0.15, 0.2) is 30.3 Å². The van der Waals surface area contributed by atoms with Crippen molar-refractivity contribution in [3.63, 3.8) is 0 Å². The molecule has 0 unspecified atom stereocenters. The van der Waals surface area contributed by atoms with Crippen LogP contribution in [-0.2, 0) is 20.9 Å². The zero-order valence-electron chi connectivity index (χ0n) is 17.5. The second kappa shape index (κ2) is 13.6. The molecule has 0 saturated heterocycles. The van der Waals surface area contributed by atoms with Crippen molar-refractivity contribution in [3.8, 4) is 0 Å². The second-order valence-corrected chi connectivity index (χ2v) is 8.11. The molecule has 0 heterocycles. The molecule has 0 bridgehead atoms. The first-order valence-electron chi connectivity index (χ1n) is 9.79. The van der Waals surface area contributed by atoms with Gasteiger partial charge in [0.15, 0.2) is 0 Å². The number of nitrogens with one attached hydrogen (secondary N) is 1. The highest BCUT2D eigenvalue weighted by molar-refractivity contribution is 7.98. The van der Waals surface area contributed by atoms with Crippen LogP contribution in [0.4, 0.5) is 0 Å². The van der Waals surface area contributed by atoms with E-state index in [1.165, 1.54) is 7.11 Å². The molecule has 3 N–H and O–H groups in total. The second-order valence-electron chi connectivity index (χ2n) is 7.13. The normalized spacial score (nSPS) is 14.4. The summed E-state index contributed by atoms with van der Waals surface area (Å²) in [4.78, 5) is 26.7. The quantitative estimate of drug-likeness (QED) is 0.486. The molecule has 158 valence electrons. The summed E-state index contributed by atoms with van der Waals surface area (Å²) >= 11 is 1.63. The number of rotatable bonds is 13. The van der Waals surface area contributed by atoms with Gasteiger partial charge in [0.25, 0.3) is 0 Å². The summed E-state index contributed by atoms with van der Waals surface area (Å²) in [5.74, 6) is 0.537. The first kappa shape index (κ1) is 24.5. The SMILES string of the molecule is CC[C@H](C)[C@H](N)CN(CC(=O)N[C@@H](CCSC)C(=O)OC)Cc1ccccc1. The third-order valence-corrected chi connectivity index (χ3v) is 5.54. The minimum Gasteiger partial charge on any atom is -0.467 e. The number of nitrogens with two attached hydrogens (primary N) is 1. The van der Waals surface area contributed by atoms with Gasteiger partial charge in [0, 0.05) is 19.1 Å². The summed E-state index contributed by atoms with van der Waals surface area (Å²) in [7, 11) is 1.34. The summed E-state index contributed by atoms with van der Waals surface area (Å²) < 4.78 is 4.82. The number of amides is 1. The third kappa shape index (κ3) is 9.08. The first-order chi connectivity index (χ1) is 13.4. The molecule has 7 heteroatoms. The molecular formula is C21H35N3O3S. The lowest BCUT2D eigenvalue weighted by molar-refractivity contribution is -0.145. The molecule has 1 aromatic carbocycles. The van der Waals surface area contributed by atoms with E-state index >= 15 is 0 Å². The smallest absolute Gasteiger partial charge is 0.328 e. The van der Waals surface area contributed by atoms with E-state index < -0.39 is 12.0 Å². The fraction of sp³-hybridized carbons (Fsp3) is 0.619. The Morgan fingerprint density at radius 3 is 2.54 bits per heavy atom. The van der Waals surface area contributed by atoms with Crippen LogP contribution >= 0.6 is 11.8 Å². The largest absolute Gasteiger partial charge is 0.467 e. The van der Waals surface area contributed by atoms with Gasteiger partial charge in [-0.2, -0.15) is 11.8 Å². The van der Waals surface area contributed by atoms with Crippen LogP contribution in [-0.4, -0.2) is 61.1 Å². The summed E-state index contributed by atoms with van der Waals surface area (Å²) in [6.07, 6.45) is 3.50. The molecule has 0 radical (unpaired) electrons. The van der Waals surface area contributed by atoms with Crippen LogP contribution in [0.25, 0.3) is 0 Å². The maximum absolute atomic E-state index is 12.7. The molecule has 0 aliphatic carbocycles. The lowest BCUT2D eigenvalue weighted by Crippen LogP contribution is -2.49. The highest BCUT2D eigenvalue weighted by atomic mass is 32.2. The predicted octanol–water partition coefficient (Wildman–Crippen LogP) is 2.27. The molecular weight excluding hydrogens is 374 g/mol. The number of methoxy groups -OCH3 is 1. The molecule has 1 aromatic rings. The highest BCUT2D eigenvalue weighted by Gasteiger charge is 2.23. The van der Waals surface area contributed by atoms with Gasteiger partial charge in [-0.3, -0.25) is 9.69 Å². The zero-order valence-corrected chi connectivity index (χ0v) is 18.3. The summed E-state index contributed by atoms with van der Waals surface area (Å²) in [5.41, 5.74) is 7.47. The Kier molecular flexibility index (Phi) is 11.9. The number of hydrogen-bond acceptors (Lipinski definition) is 6. The molecule has 6 nitrogen and oxygen atoms in total. The minimum absolute atomic E-state index is 0.0191. The molecule has 0 saturated carbocycles. The number of nitrogens with zero attached hydrogens (tertiary/aromatic N) is 1. The van der Waals surface area contributed by atoms with Gasteiger partial charge in [-0.1, -0.05) is 50.6 Å². The lowest BCUT2D eigenvalue weighted by Gasteiger charge is -2.28. The Hall–Kier alpha value is -1.57. The summed E-state index contributed by atoms with van der Waals surface area (Å²) in [6, 6.07) is 9.37. The van der Waals surface area contributed by atoms with Gasteiger partial charge >= 0.3 is 5.97 Å². The Balaban J connectivity index is 2.78.